The largest absolute Gasteiger partial charge is 0.394 e. The number of carbonyl (C=O) groups is 1. The summed E-state index contributed by atoms with van der Waals surface area (Å²) in [7, 11) is 0. The number of amides is 1. The minimum Gasteiger partial charge on any atom is -0.394 e. The van der Waals surface area contributed by atoms with E-state index in [-0.39, 0.29) is 30.6 Å². The van der Waals surface area contributed by atoms with Crippen LogP contribution in [0.1, 0.15) is 58.8 Å². The van der Waals surface area contributed by atoms with Crippen LogP contribution in [0, 0.1) is 11.8 Å². The van der Waals surface area contributed by atoms with Gasteiger partial charge in [-0.05, 0) is 38.5 Å². The molecular formula is C17H31NO3. The fourth-order valence-corrected chi connectivity index (χ4v) is 3.66. The van der Waals surface area contributed by atoms with Gasteiger partial charge in [-0.25, -0.2) is 0 Å². The summed E-state index contributed by atoms with van der Waals surface area (Å²) in [5.41, 5.74) is 0. The highest BCUT2D eigenvalue weighted by atomic mass is 16.5. The molecule has 0 spiro atoms. The molecule has 2 rings (SSSR count). The van der Waals surface area contributed by atoms with Crippen LogP contribution in [0.2, 0.25) is 0 Å². The molecule has 1 N–H and O–H groups in total. The summed E-state index contributed by atoms with van der Waals surface area (Å²) in [6, 6.07) is 0.137. The molecule has 4 nitrogen and oxygen atoms in total. The maximum Gasteiger partial charge on any atom is 0.226 e. The number of hydrogen-bond acceptors (Lipinski definition) is 3. The third-order valence-electron chi connectivity index (χ3n) is 5.15. The normalized spacial score (nSPS) is 34.0. The Bertz CT molecular complexity index is 326. The van der Waals surface area contributed by atoms with Gasteiger partial charge in [-0.3, -0.25) is 4.79 Å². The standard InChI is InChI=1S/C17H31NO3/c1-3-4-5-14-6-8-15(9-7-14)17(20)18-10-16(11-19)21-12-13(18)2/h13-16,19H,3-12H2,1-2H3. The molecule has 1 amide bonds. The fraction of sp³-hybridized carbons (Fsp3) is 0.941. The summed E-state index contributed by atoms with van der Waals surface area (Å²) in [6.07, 6.45) is 8.22. The molecule has 2 fully saturated rings. The number of aliphatic hydroxyl groups is 1. The molecule has 2 atom stereocenters. The summed E-state index contributed by atoms with van der Waals surface area (Å²) < 4.78 is 5.52. The number of rotatable bonds is 5. The van der Waals surface area contributed by atoms with Crippen LogP contribution in [0.5, 0.6) is 0 Å². The fourth-order valence-electron chi connectivity index (χ4n) is 3.66. The van der Waals surface area contributed by atoms with Gasteiger partial charge in [0.1, 0.15) is 0 Å². The van der Waals surface area contributed by atoms with Gasteiger partial charge in [0, 0.05) is 12.5 Å². The maximum atomic E-state index is 12.7. The van der Waals surface area contributed by atoms with Crippen LogP contribution in [-0.2, 0) is 9.53 Å². The van der Waals surface area contributed by atoms with E-state index in [2.05, 4.69) is 6.92 Å². The summed E-state index contributed by atoms with van der Waals surface area (Å²) in [4.78, 5) is 14.7. The first kappa shape index (κ1) is 16.8. The van der Waals surface area contributed by atoms with Gasteiger partial charge in [-0.15, -0.1) is 0 Å². The molecule has 2 aliphatic rings. The van der Waals surface area contributed by atoms with E-state index in [1.165, 1.54) is 32.1 Å². The highest BCUT2D eigenvalue weighted by Crippen LogP contribution is 2.33. The Morgan fingerprint density at radius 2 is 2.00 bits per heavy atom. The number of carbonyl (C=O) groups excluding carboxylic acids is 1. The first-order chi connectivity index (χ1) is 10.2. The molecule has 1 heterocycles. The third-order valence-corrected chi connectivity index (χ3v) is 5.15. The zero-order valence-corrected chi connectivity index (χ0v) is 13.6. The van der Waals surface area contributed by atoms with Crippen molar-refractivity contribution in [2.24, 2.45) is 11.8 Å². The molecule has 1 saturated carbocycles. The number of ether oxygens (including phenoxy) is 1. The van der Waals surface area contributed by atoms with Crippen molar-refractivity contribution in [3.05, 3.63) is 0 Å². The van der Waals surface area contributed by atoms with Gasteiger partial charge in [0.15, 0.2) is 0 Å². The predicted octanol–water partition coefficient (Wildman–Crippen LogP) is 2.59. The first-order valence-electron chi connectivity index (χ1n) is 8.68. The van der Waals surface area contributed by atoms with E-state index < -0.39 is 0 Å². The van der Waals surface area contributed by atoms with Crippen LogP contribution in [-0.4, -0.2) is 47.8 Å². The van der Waals surface area contributed by atoms with Crippen molar-refractivity contribution < 1.29 is 14.6 Å². The monoisotopic (exact) mass is 297 g/mol. The summed E-state index contributed by atoms with van der Waals surface area (Å²) in [5.74, 6) is 1.32. The van der Waals surface area contributed by atoms with Gasteiger partial charge in [0.05, 0.1) is 25.4 Å². The van der Waals surface area contributed by atoms with Crippen molar-refractivity contribution in [3.8, 4) is 0 Å². The zero-order chi connectivity index (χ0) is 15.2. The Hall–Kier alpha value is -0.610. The average Bonchev–Trinajstić information content (AvgIpc) is 2.53. The quantitative estimate of drug-likeness (QED) is 0.848. The van der Waals surface area contributed by atoms with Gasteiger partial charge in [-0.1, -0.05) is 26.2 Å². The van der Waals surface area contributed by atoms with Crippen molar-refractivity contribution >= 4 is 5.91 Å². The lowest BCUT2D eigenvalue weighted by Gasteiger charge is -2.40. The Balaban J connectivity index is 1.83. The van der Waals surface area contributed by atoms with E-state index in [9.17, 15) is 9.90 Å². The van der Waals surface area contributed by atoms with E-state index in [1.807, 2.05) is 11.8 Å². The molecule has 0 bridgehead atoms. The highest BCUT2D eigenvalue weighted by Gasteiger charge is 2.34. The molecule has 0 aromatic rings. The van der Waals surface area contributed by atoms with Crippen LogP contribution in [0.4, 0.5) is 0 Å². The van der Waals surface area contributed by atoms with Crippen LogP contribution in [0.25, 0.3) is 0 Å². The van der Waals surface area contributed by atoms with E-state index in [0.29, 0.717) is 13.2 Å². The molecule has 21 heavy (non-hydrogen) atoms. The predicted molar refractivity (Wildman–Crippen MR) is 83.0 cm³/mol. The molecule has 1 aliphatic carbocycles. The smallest absolute Gasteiger partial charge is 0.226 e. The number of unbranched alkanes of at least 4 members (excludes halogenated alkanes) is 1. The van der Waals surface area contributed by atoms with Gasteiger partial charge >= 0.3 is 0 Å². The Kier molecular flexibility index (Phi) is 6.49. The SMILES string of the molecule is CCCCC1CCC(C(=O)N2CC(CO)OCC2C)CC1. The number of morpholine rings is 1. The third kappa shape index (κ3) is 4.43. The van der Waals surface area contributed by atoms with Gasteiger partial charge in [-0.2, -0.15) is 0 Å². The summed E-state index contributed by atoms with van der Waals surface area (Å²) >= 11 is 0. The van der Waals surface area contributed by atoms with E-state index in [0.717, 1.165) is 18.8 Å². The van der Waals surface area contributed by atoms with E-state index in [4.69, 9.17) is 4.74 Å². The minimum atomic E-state index is -0.203. The molecule has 0 aromatic carbocycles. The second-order valence-electron chi connectivity index (χ2n) is 6.84. The molecule has 0 aromatic heterocycles. The Morgan fingerprint density at radius 1 is 1.29 bits per heavy atom. The Morgan fingerprint density at radius 3 is 2.62 bits per heavy atom. The van der Waals surface area contributed by atoms with Crippen LogP contribution >= 0.6 is 0 Å². The number of nitrogens with zero attached hydrogens (tertiary/aromatic N) is 1. The van der Waals surface area contributed by atoms with Gasteiger partial charge < -0.3 is 14.7 Å². The molecule has 1 aliphatic heterocycles. The van der Waals surface area contributed by atoms with Crippen molar-refractivity contribution in [3.63, 3.8) is 0 Å². The van der Waals surface area contributed by atoms with Gasteiger partial charge in [0.25, 0.3) is 0 Å². The molecule has 2 unspecified atom stereocenters. The maximum absolute atomic E-state index is 12.7. The van der Waals surface area contributed by atoms with Crippen LogP contribution in [0.3, 0.4) is 0 Å². The van der Waals surface area contributed by atoms with E-state index >= 15 is 0 Å². The summed E-state index contributed by atoms with van der Waals surface area (Å²) in [5, 5.41) is 9.24. The molecular weight excluding hydrogens is 266 g/mol. The van der Waals surface area contributed by atoms with Gasteiger partial charge in [0.2, 0.25) is 5.91 Å². The molecule has 122 valence electrons. The minimum absolute atomic E-state index is 0.000256. The van der Waals surface area contributed by atoms with Crippen molar-refractivity contribution in [1.29, 1.82) is 0 Å². The topological polar surface area (TPSA) is 49.8 Å². The van der Waals surface area contributed by atoms with Crippen molar-refractivity contribution in [2.75, 3.05) is 19.8 Å². The molecule has 1 saturated heterocycles. The van der Waals surface area contributed by atoms with Crippen LogP contribution < -0.4 is 0 Å². The number of aliphatic hydroxyl groups excluding tert-OH is 1. The first-order valence-corrected chi connectivity index (χ1v) is 8.68. The Labute approximate surface area is 128 Å². The lowest BCUT2D eigenvalue weighted by Crippen LogP contribution is -2.53. The lowest BCUT2D eigenvalue weighted by atomic mass is 9.79. The number of hydrogen-bond donors (Lipinski definition) is 1. The average molecular weight is 297 g/mol. The highest BCUT2D eigenvalue weighted by molar-refractivity contribution is 5.79. The van der Waals surface area contributed by atoms with E-state index in [1.54, 1.807) is 0 Å². The summed E-state index contributed by atoms with van der Waals surface area (Å²) in [6.45, 7) is 5.38. The second-order valence-corrected chi connectivity index (χ2v) is 6.84. The lowest BCUT2D eigenvalue weighted by molar-refractivity contribution is -0.151. The molecule has 0 radical (unpaired) electrons. The van der Waals surface area contributed by atoms with Crippen molar-refractivity contribution in [1.82, 2.24) is 4.90 Å². The second kappa shape index (κ2) is 8.14. The zero-order valence-electron chi connectivity index (χ0n) is 13.6. The molecule has 4 heteroatoms. The van der Waals surface area contributed by atoms with Crippen LogP contribution in [0.15, 0.2) is 0 Å². The van der Waals surface area contributed by atoms with Crippen molar-refractivity contribution in [2.45, 2.75) is 70.9 Å².